The molecule has 0 aliphatic heterocycles. The van der Waals surface area contributed by atoms with Crippen molar-refractivity contribution in [3.8, 4) is 0 Å². The minimum absolute atomic E-state index is 0.129. The maximum Gasteiger partial charge on any atom is 0.0933 e. The number of aliphatic hydroxyl groups is 2. The summed E-state index contributed by atoms with van der Waals surface area (Å²) >= 11 is 0. The minimum atomic E-state index is -0.833. The molecular formula is C30H35NO2. The average molecular weight is 442 g/mol. The summed E-state index contributed by atoms with van der Waals surface area (Å²) in [5.74, 6) is 0.625. The van der Waals surface area contributed by atoms with Crippen molar-refractivity contribution in [3.63, 3.8) is 0 Å². The molecule has 1 saturated carbocycles. The summed E-state index contributed by atoms with van der Waals surface area (Å²) in [5.41, 5.74) is 3.89. The molecule has 2 N–H and O–H groups in total. The Morgan fingerprint density at radius 2 is 1.91 bits per heavy atom. The van der Waals surface area contributed by atoms with Crippen LogP contribution in [-0.2, 0) is 0 Å². The Kier molecular flexibility index (Phi) is 4.61. The number of nitrogens with zero attached hydrogens (tertiary/aromatic N) is 1. The largest absolute Gasteiger partial charge is 0.393 e. The lowest BCUT2D eigenvalue weighted by atomic mass is 9.49. The number of hydrogen-bond acceptors (Lipinski definition) is 3. The van der Waals surface area contributed by atoms with Gasteiger partial charge in [-0.2, -0.15) is 0 Å². The molecule has 0 radical (unpaired) electrons. The van der Waals surface area contributed by atoms with Gasteiger partial charge in [-0.25, -0.2) is 0 Å². The Morgan fingerprint density at radius 1 is 1.06 bits per heavy atom. The second-order valence-electron chi connectivity index (χ2n) is 11.6. The molecule has 0 bridgehead atoms. The molecule has 4 unspecified atom stereocenters. The van der Waals surface area contributed by atoms with Crippen LogP contribution in [0.2, 0.25) is 0 Å². The van der Waals surface area contributed by atoms with E-state index in [2.05, 4.69) is 68.2 Å². The van der Waals surface area contributed by atoms with Crippen LogP contribution >= 0.6 is 0 Å². The molecule has 6 rings (SSSR count). The predicted octanol–water partition coefficient (Wildman–Crippen LogP) is 6.22. The lowest BCUT2D eigenvalue weighted by Crippen LogP contribution is -2.55. The van der Waals surface area contributed by atoms with E-state index in [1.54, 1.807) is 0 Å². The van der Waals surface area contributed by atoms with Crippen molar-refractivity contribution in [2.75, 3.05) is 0 Å². The molecule has 4 aliphatic rings. The van der Waals surface area contributed by atoms with Gasteiger partial charge in [0.25, 0.3) is 0 Å². The fourth-order valence-electron chi connectivity index (χ4n) is 7.65. The summed E-state index contributed by atoms with van der Waals surface area (Å²) in [7, 11) is 0. The van der Waals surface area contributed by atoms with Crippen LogP contribution in [0.3, 0.4) is 0 Å². The van der Waals surface area contributed by atoms with Gasteiger partial charge in [0, 0.05) is 29.1 Å². The quantitative estimate of drug-likeness (QED) is 0.552. The van der Waals surface area contributed by atoms with E-state index in [1.807, 2.05) is 12.4 Å². The molecule has 0 saturated heterocycles. The molecule has 3 nitrogen and oxygen atoms in total. The van der Waals surface area contributed by atoms with E-state index in [4.69, 9.17) is 0 Å². The molecule has 2 aromatic rings. The van der Waals surface area contributed by atoms with Crippen molar-refractivity contribution in [1.29, 1.82) is 0 Å². The first-order valence-electron chi connectivity index (χ1n) is 12.6. The fourth-order valence-corrected chi connectivity index (χ4v) is 7.65. The second kappa shape index (κ2) is 7.13. The maximum atomic E-state index is 12.4. The van der Waals surface area contributed by atoms with Gasteiger partial charge in [0.2, 0.25) is 0 Å². The molecule has 0 spiro atoms. The molecule has 1 aromatic heterocycles. The normalized spacial score (nSPS) is 37.2. The first kappa shape index (κ1) is 21.3. The number of allylic oxidation sites excluding steroid dienone is 3. The SMILES string of the molecule is CC1(C)C=C2C=C3CC(O)CCC3CC[C@]2(O)C2CC=C(c3cccc4ccncc34)C21C. The molecular weight excluding hydrogens is 406 g/mol. The minimum Gasteiger partial charge on any atom is -0.393 e. The van der Waals surface area contributed by atoms with Crippen LogP contribution in [0.25, 0.3) is 16.3 Å². The van der Waals surface area contributed by atoms with Gasteiger partial charge in [0.05, 0.1) is 11.7 Å². The summed E-state index contributed by atoms with van der Waals surface area (Å²) in [4.78, 5) is 4.43. The number of aliphatic hydroxyl groups excluding tert-OH is 1. The molecule has 1 heterocycles. The Hall–Kier alpha value is -2.23. The van der Waals surface area contributed by atoms with Crippen molar-refractivity contribution >= 4 is 16.3 Å². The maximum absolute atomic E-state index is 12.4. The third-order valence-electron chi connectivity index (χ3n) is 9.78. The molecule has 1 fully saturated rings. The highest BCUT2D eigenvalue weighted by Gasteiger charge is 2.62. The van der Waals surface area contributed by atoms with Crippen LogP contribution in [0.1, 0.15) is 64.9 Å². The molecule has 4 aliphatic carbocycles. The third kappa shape index (κ3) is 2.91. The summed E-state index contributed by atoms with van der Waals surface area (Å²) < 4.78 is 0. The van der Waals surface area contributed by atoms with Gasteiger partial charge in [-0.3, -0.25) is 4.98 Å². The van der Waals surface area contributed by atoms with Gasteiger partial charge in [-0.1, -0.05) is 62.8 Å². The predicted molar refractivity (Wildman–Crippen MR) is 133 cm³/mol. The number of pyridine rings is 1. The Balaban J connectivity index is 1.50. The van der Waals surface area contributed by atoms with Crippen molar-refractivity contribution in [2.45, 2.75) is 71.0 Å². The third-order valence-corrected chi connectivity index (χ3v) is 9.78. The summed E-state index contributed by atoms with van der Waals surface area (Å²) in [6.07, 6.45) is 16.0. The highest BCUT2D eigenvalue weighted by Crippen LogP contribution is 2.67. The average Bonchev–Trinajstić information content (AvgIpc) is 3.10. The lowest BCUT2D eigenvalue weighted by molar-refractivity contribution is -0.0651. The smallest absolute Gasteiger partial charge is 0.0933 e. The number of rotatable bonds is 1. The fraction of sp³-hybridized carbons (Fsp3) is 0.500. The topological polar surface area (TPSA) is 53.4 Å². The van der Waals surface area contributed by atoms with Crippen molar-refractivity contribution in [3.05, 3.63) is 71.6 Å². The Morgan fingerprint density at radius 3 is 2.76 bits per heavy atom. The molecule has 3 heteroatoms. The first-order valence-corrected chi connectivity index (χ1v) is 12.6. The molecule has 172 valence electrons. The van der Waals surface area contributed by atoms with Crippen molar-refractivity contribution < 1.29 is 10.2 Å². The highest BCUT2D eigenvalue weighted by atomic mass is 16.3. The van der Waals surface area contributed by atoms with Crippen LogP contribution < -0.4 is 0 Å². The van der Waals surface area contributed by atoms with E-state index >= 15 is 0 Å². The van der Waals surface area contributed by atoms with Gasteiger partial charge < -0.3 is 10.2 Å². The van der Waals surface area contributed by atoms with Gasteiger partial charge in [-0.05, 0) is 78.0 Å². The zero-order valence-electron chi connectivity index (χ0n) is 20.0. The zero-order valence-corrected chi connectivity index (χ0v) is 20.0. The number of hydrogen-bond donors (Lipinski definition) is 2. The first-order chi connectivity index (χ1) is 15.7. The van der Waals surface area contributed by atoms with E-state index < -0.39 is 5.60 Å². The van der Waals surface area contributed by atoms with Crippen LogP contribution in [0, 0.1) is 22.7 Å². The monoisotopic (exact) mass is 441 g/mol. The van der Waals surface area contributed by atoms with Gasteiger partial charge >= 0.3 is 0 Å². The molecule has 5 atom stereocenters. The molecule has 0 amide bonds. The van der Waals surface area contributed by atoms with Crippen LogP contribution in [0.15, 0.2) is 66.0 Å². The van der Waals surface area contributed by atoms with E-state index in [1.165, 1.54) is 27.5 Å². The van der Waals surface area contributed by atoms with Crippen molar-refractivity contribution in [1.82, 2.24) is 4.98 Å². The van der Waals surface area contributed by atoms with E-state index in [-0.39, 0.29) is 22.9 Å². The Bertz CT molecular complexity index is 1220. The number of aromatic nitrogens is 1. The van der Waals surface area contributed by atoms with Crippen LogP contribution in [0.5, 0.6) is 0 Å². The van der Waals surface area contributed by atoms with E-state index in [0.717, 1.165) is 44.1 Å². The number of benzene rings is 1. The molecule has 33 heavy (non-hydrogen) atoms. The zero-order chi connectivity index (χ0) is 23.0. The van der Waals surface area contributed by atoms with E-state index in [9.17, 15) is 10.2 Å². The van der Waals surface area contributed by atoms with E-state index in [0.29, 0.717) is 5.92 Å². The number of fused-ring (bicyclic) bond motifs is 5. The molecule has 1 aromatic carbocycles. The van der Waals surface area contributed by atoms with Crippen LogP contribution in [0.4, 0.5) is 0 Å². The van der Waals surface area contributed by atoms with Gasteiger partial charge in [0.15, 0.2) is 0 Å². The van der Waals surface area contributed by atoms with Crippen molar-refractivity contribution in [2.24, 2.45) is 22.7 Å². The highest BCUT2D eigenvalue weighted by molar-refractivity contribution is 5.95. The summed E-state index contributed by atoms with van der Waals surface area (Å²) in [6, 6.07) is 8.61. The van der Waals surface area contributed by atoms with Crippen LogP contribution in [-0.4, -0.2) is 26.9 Å². The van der Waals surface area contributed by atoms with Gasteiger partial charge in [-0.15, -0.1) is 0 Å². The summed E-state index contributed by atoms with van der Waals surface area (Å²) in [6.45, 7) is 7.06. The lowest BCUT2D eigenvalue weighted by Gasteiger charge is -2.56. The second-order valence-corrected chi connectivity index (χ2v) is 11.6. The summed E-state index contributed by atoms with van der Waals surface area (Å²) in [5, 5.41) is 25.1. The standard InChI is InChI=1S/C30H35NO2/c1-28(2)17-22-15-21-16-23(32)8-7-19(21)11-13-30(22,33)27-10-9-26(29(27,28)3)24-6-4-5-20-12-14-31-18-25(20)24/h4-6,9,12,14-15,17-19,23,27,32-33H,7-8,10-11,13,16H2,1-3H3/t19?,23?,27?,29?,30-/m1/s1. The van der Waals surface area contributed by atoms with Gasteiger partial charge in [0.1, 0.15) is 0 Å². The Labute approximate surface area is 196 Å².